The molecule has 0 radical (unpaired) electrons. The number of H-pyrrole nitrogens is 2. The van der Waals surface area contributed by atoms with Crippen LogP contribution >= 0.6 is 70.8 Å². The van der Waals surface area contributed by atoms with E-state index >= 15 is 0 Å². The summed E-state index contributed by atoms with van der Waals surface area (Å²) in [5, 5.41) is 1.68. The maximum Gasteiger partial charge on any atom is 1.00 e. The molecule has 2 aromatic heterocycles. The van der Waals surface area contributed by atoms with E-state index in [2.05, 4.69) is 9.97 Å². The van der Waals surface area contributed by atoms with Crippen LogP contribution in [0.15, 0.2) is 46.0 Å². The quantitative estimate of drug-likeness (QED) is 0.0542. The van der Waals surface area contributed by atoms with Crippen LogP contribution in [0.3, 0.4) is 0 Å². The monoisotopic (exact) mass is 778 g/mol. The van der Waals surface area contributed by atoms with Gasteiger partial charge in [0.05, 0.1) is 11.4 Å². The van der Waals surface area contributed by atoms with Crippen molar-refractivity contribution in [2.45, 2.75) is 0 Å². The summed E-state index contributed by atoms with van der Waals surface area (Å²) in [4.78, 5) is 27.6. The van der Waals surface area contributed by atoms with E-state index in [0.717, 1.165) is 0 Å². The molecule has 0 amide bonds. The molecule has 4 aromatic rings. The average Bonchev–Trinajstić information content (AvgIpc) is 2.85. The van der Waals surface area contributed by atoms with Crippen LogP contribution in [0.4, 0.5) is 23.0 Å². The zero-order valence-electron chi connectivity index (χ0n) is 22.3. The van der Waals surface area contributed by atoms with Crippen molar-refractivity contribution in [2.24, 2.45) is 0 Å². The molecule has 2 heterocycles. The third-order valence-electron chi connectivity index (χ3n) is 4.69. The largest absolute Gasteiger partial charge is 1.00 e. The number of aromatic nitrogens is 4. The minimum Gasteiger partial charge on any atom is -0.763 e. The molecule has 2 unspecified atom stereocenters. The summed E-state index contributed by atoms with van der Waals surface area (Å²) in [7, 11) is -5.90. The van der Waals surface area contributed by atoms with Crippen LogP contribution in [0.2, 0.25) is 20.1 Å². The minimum atomic E-state index is -2.95. The smallest absolute Gasteiger partial charge is 0.763 e. The van der Waals surface area contributed by atoms with E-state index in [1.165, 1.54) is 9.13 Å². The third kappa shape index (κ3) is 11.8. The third-order valence-corrected chi connectivity index (χ3v) is 7.02. The van der Waals surface area contributed by atoms with Gasteiger partial charge >= 0.3 is 59.1 Å². The van der Waals surface area contributed by atoms with Crippen LogP contribution in [0.1, 0.15) is 0 Å². The number of aromatic amines is 2. The Labute approximate surface area is 327 Å². The molecule has 14 nitrogen and oxygen atoms in total. The van der Waals surface area contributed by atoms with E-state index in [9.17, 15) is 9.59 Å². The number of anilines is 4. The predicted molar refractivity (Wildman–Crippen MR) is 170 cm³/mol. The number of halogens is 4. The number of nitrogens with zero attached hydrogens (tertiary/aromatic N) is 2. The van der Waals surface area contributed by atoms with Crippen LogP contribution in [-0.2, 0) is 20.2 Å². The summed E-state index contributed by atoms with van der Waals surface area (Å²) >= 11 is 33.7. The van der Waals surface area contributed by atoms with Crippen molar-refractivity contribution in [1.82, 2.24) is 19.1 Å². The second-order valence-electron chi connectivity index (χ2n) is 7.45. The van der Waals surface area contributed by atoms with Crippen LogP contribution in [-0.4, -0.2) is 36.6 Å². The maximum absolute atomic E-state index is 11.4. The van der Waals surface area contributed by atoms with E-state index in [4.69, 9.17) is 111 Å². The van der Waals surface area contributed by atoms with Gasteiger partial charge in [-0.1, -0.05) is 46.4 Å². The van der Waals surface area contributed by atoms with Crippen molar-refractivity contribution < 1.29 is 76.6 Å². The summed E-state index contributed by atoms with van der Waals surface area (Å²) in [6.45, 7) is 0. The zero-order valence-corrected chi connectivity index (χ0v) is 32.6. The molecule has 24 heteroatoms. The van der Waals surface area contributed by atoms with Gasteiger partial charge < -0.3 is 32.0 Å². The molecule has 0 aliphatic rings. The molecule has 2 aromatic carbocycles. The van der Waals surface area contributed by atoms with E-state index in [1.807, 2.05) is 0 Å². The Morgan fingerprint density at radius 3 is 1.09 bits per heavy atom. The Bertz CT molecular complexity index is 1780. The number of nitrogens with two attached hydrogens (primary N) is 4. The standard InChI is InChI=1S/2C10H8Cl2N4OS.2Na.H2O4S2/c2*11-4-1-5(12)3-6(2-4)16-8(14)7(13)9(17)15-10(16)18;;;1-5(2)6(3)4/h2*1-3H,13-14H2,(H,15,17,18);;;(H,1,2)(H,3,4)/q;;2*+1;/p-2. The van der Waals surface area contributed by atoms with E-state index in [-0.39, 0.29) is 91.7 Å². The molecule has 0 bridgehead atoms. The van der Waals surface area contributed by atoms with Gasteiger partial charge in [-0.15, -0.1) is 0 Å². The van der Waals surface area contributed by atoms with Crippen LogP contribution < -0.4 is 93.2 Å². The summed E-state index contributed by atoms with van der Waals surface area (Å²) in [6, 6.07) is 9.58. The Balaban J connectivity index is 0.000000685. The maximum atomic E-state index is 11.4. The van der Waals surface area contributed by atoms with E-state index < -0.39 is 31.3 Å². The number of hydrogen-bond donors (Lipinski definition) is 6. The van der Waals surface area contributed by atoms with Gasteiger partial charge in [0.2, 0.25) is 0 Å². The van der Waals surface area contributed by atoms with E-state index in [0.29, 0.717) is 31.5 Å². The van der Waals surface area contributed by atoms with Gasteiger partial charge in [0.25, 0.3) is 11.1 Å². The van der Waals surface area contributed by atoms with Gasteiger partial charge in [0.1, 0.15) is 23.0 Å². The summed E-state index contributed by atoms with van der Waals surface area (Å²) in [6.07, 6.45) is 0. The number of rotatable bonds is 3. The number of hydrogen-bond acceptors (Lipinski definition) is 12. The summed E-state index contributed by atoms with van der Waals surface area (Å²) in [5.74, 6) is 0.0872. The van der Waals surface area contributed by atoms with Crippen molar-refractivity contribution in [1.29, 1.82) is 0 Å². The van der Waals surface area contributed by atoms with Crippen molar-refractivity contribution >= 4 is 114 Å². The van der Waals surface area contributed by atoms with Gasteiger partial charge in [-0.3, -0.25) is 37.1 Å². The number of nitrogens with one attached hydrogen (secondary N) is 2. The molecule has 0 fully saturated rings. The fourth-order valence-electron chi connectivity index (χ4n) is 2.98. The summed E-state index contributed by atoms with van der Waals surface area (Å²) < 4.78 is 39.4. The molecule has 0 spiro atoms. The Hall–Kier alpha value is -0.780. The minimum absolute atomic E-state index is 0. The number of nitrogen functional groups attached to an aromatic ring is 4. The summed E-state index contributed by atoms with van der Waals surface area (Å²) in [5.41, 5.74) is 22.5. The predicted octanol–water partition coefficient (Wildman–Crippen LogP) is -2.60. The van der Waals surface area contributed by atoms with Gasteiger partial charge in [-0.25, -0.2) is 0 Å². The zero-order chi connectivity index (χ0) is 32.0. The molecule has 2 atom stereocenters. The molecule has 0 saturated carbocycles. The Morgan fingerprint density at radius 1 is 0.614 bits per heavy atom. The van der Waals surface area contributed by atoms with Crippen molar-refractivity contribution in [3.05, 3.63) is 86.7 Å². The van der Waals surface area contributed by atoms with Gasteiger partial charge in [-0.05, 0) is 60.8 Å². The average molecular weight is 780 g/mol. The molecule has 0 aliphatic carbocycles. The van der Waals surface area contributed by atoms with Crippen LogP contribution in [0.5, 0.6) is 0 Å². The molecule has 10 N–H and O–H groups in total. The second kappa shape index (κ2) is 19.1. The van der Waals surface area contributed by atoms with Crippen molar-refractivity contribution in [3.63, 3.8) is 0 Å². The Kier molecular flexibility index (Phi) is 18.8. The first-order chi connectivity index (χ1) is 19.4. The van der Waals surface area contributed by atoms with Crippen molar-refractivity contribution in [2.75, 3.05) is 22.9 Å². The van der Waals surface area contributed by atoms with Gasteiger partial charge in [-0.2, -0.15) is 0 Å². The molecule has 226 valence electrons. The van der Waals surface area contributed by atoms with Crippen molar-refractivity contribution in [3.8, 4) is 11.4 Å². The normalized spacial score (nSPS) is 11.3. The first-order valence-corrected chi connectivity index (χ1v) is 15.4. The molecule has 44 heavy (non-hydrogen) atoms. The van der Waals surface area contributed by atoms with Gasteiger partial charge in [0, 0.05) is 40.3 Å². The molecule has 4 rings (SSSR count). The van der Waals surface area contributed by atoms with Gasteiger partial charge in [0.15, 0.2) is 9.54 Å². The molecule has 0 saturated heterocycles. The number of benzene rings is 2. The SMILES string of the molecule is Nc1c(N)n(-c2cc(Cl)cc(Cl)c2)c(=S)[nH]c1=O.Nc1c(N)n(-c2cc(Cl)cc(Cl)c2)c(=S)[nH]c1=O.O=S([O-])S(=O)[O-].[Na+].[Na+]. The Morgan fingerprint density at radius 2 is 0.864 bits per heavy atom. The second-order valence-corrected chi connectivity index (χ2v) is 12.4. The van der Waals surface area contributed by atoms with Crippen LogP contribution in [0, 0.1) is 9.54 Å². The fourth-order valence-corrected chi connectivity index (χ4v) is 4.60. The first kappa shape index (κ1) is 43.2. The van der Waals surface area contributed by atoms with Crippen LogP contribution in [0.25, 0.3) is 11.4 Å². The topological polar surface area (TPSA) is 260 Å². The molecule has 0 aliphatic heterocycles. The molecular weight excluding hydrogens is 764 g/mol. The first-order valence-electron chi connectivity index (χ1n) is 10.4. The van der Waals surface area contributed by atoms with E-state index in [1.54, 1.807) is 36.4 Å². The fraction of sp³-hybridized carbons (Fsp3) is 0. The molecular formula is C20H16Cl4N8Na2O6S4.